The average molecular weight is 283 g/mol. The van der Waals surface area contributed by atoms with Gasteiger partial charge in [0, 0.05) is 23.0 Å². The van der Waals surface area contributed by atoms with Gasteiger partial charge in [-0.1, -0.05) is 6.07 Å². The highest BCUT2D eigenvalue weighted by atomic mass is 32.1. The van der Waals surface area contributed by atoms with E-state index in [1.54, 1.807) is 11.3 Å². The topological polar surface area (TPSA) is 32.3 Å². The summed E-state index contributed by atoms with van der Waals surface area (Å²) >= 11 is 1.61. The van der Waals surface area contributed by atoms with Crippen molar-refractivity contribution < 1.29 is 13.9 Å². The standard InChI is InChI=1S/C14H15F2NOS/c1-9(14-3-2-6-19-14)17-8-13(18)11-7-10(15)4-5-12(11)16/h2-7,9,13,17-18H,8H2,1H3/t9-,13?/m0/s1. The molecule has 0 aliphatic carbocycles. The van der Waals surface area contributed by atoms with Crippen molar-refractivity contribution in [2.45, 2.75) is 19.1 Å². The number of benzene rings is 1. The Hall–Kier alpha value is -1.30. The maximum absolute atomic E-state index is 13.5. The fourth-order valence-corrected chi connectivity index (χ4v) is 2.57. The minimum atomic E-state index is -1.07. The maximum Gasteiger partial charge on any atom is 0.129 e. The Balaban J connectivity index is 1.97. The molecule has 102 valence electrons. The van der Waals surface area contributed by atoms with Crippen molar-refractivity contribution >= 4 is 11.3 Å². The molecular formula is C14H15F2NOS. The van der Waals surface area contributed by atoms with E-state index in [9.17, 15) is 13.9 Å². The molecule has 2 rings (SSSR count). The van der Waals surface area contributed by atoms with Crippen molar-refractivity contribution in [3.63, 3.8) is 0 Å². The van der Waals surface area contributed by atoms with E-state index in [0.29, 0.717) is 0 Å². The third-order valence-corrected chi connectivity index (χ3v) is 3.96. The summed E-state index contributed by atoms with van der Waals surface area (Å²) < 4.78 is 26.5. The Kier molecular flexibility index (Phi) is 4.63. The zero-order chi connectivity index (χ0) is 13.8. The Labute approximate surface area is 114 Å². The van der Waals surface area contributed by atoms with Crippen molar-refractivity contribution in [3.8, 4) is 0 Å². The Morgan fingerprint density at radius 2 is 2.11 bits per heavy atom. The molecule has 1 aromatic carbocycles. The van der Waals surface area contributed by atoms with Crippen LogP contribution in [0.5, 0.6) is 0 Å². The normalized spacial score (nSPS) is 14.3. The lowest BCUT2D eigenvalue weighted by Gasteiger charge is -2.17. The van der Waals surface area contributed by atoms with Gasteiger partial charge in [0.25, 0.3) is 0 Å². The first kappa shape index (κ1) is 14.1. The molecule has 1 unspecified atom stereocenters. The number of aliphatic hydroxyl groups excluding tert-OH is 1. The molecule has 2 nitrogen and oxygen atoms in total. The zero-order valence-electron chi connectivity index (χ0n) is 10.4. The SMILES string of the molecule is C[C@H](NCC(O)c1cc(F)ccc1F)c1cccs1. The lowest BCUT2D eigenvalue weighted by Crippen LogP contribution is -2.24. The first-order valence-electron chi connectivity index (χ1n) is 5.97. The minimum absolute atomic E-state index is 0.0223. The highest BCUT2D eigenvalue weighted by molar-refractivity contribution is 7.10. The van der Waals surface area contributed by atoms with Crippen LogP contribution < -0.4 is 5.32 Å². The summed E-state index contributed by atoms with van der Waals surface area (Å²) in [7, 11) is 0. The van der Waals surface area contributed by atoms with Crippen LogP contribution in [0.4, 0.5) is 8.78 Å². The van der Waals surface area contributed by atoms with E-state index in [4.69, 9.17) is 0 Å². The first-order chi connectivity index (χ1) is 9.08. The molecule has 5 heteroatoms. The van der Waals surface area contributed by atoms with Gasteiger partial charge in [-0.05, 0) is 36.6 Å². The lowest BCUT2D eigenvalue weighted by atomic mass is 10.1. The van der Waals surface area contributed by atoms with Crippen molar-refractivity contribution in [3.05, 3.63) is 57.8 Å². The average Bonchev–Trinajstić information content (AvgIpc) is 2.92. The summed E-state index contributed by atoms with van der Waals surface area (Å²) in [5.41, 5.74) is -0.0223. The highest BCUT2D eigenvalue weighted by Gasteiger charge is 2.15. The van der Waals surface area contributed by atoms with Gasteiger partial charge in [-0.3, -0.25) is 0 Å². The zero-order valence-corrected chi connectivity index (χ0v) is 11.3. The summed E-state index contributed by atoms with van der Waals surface area (Å²) in [5, 5.41) is 15.0. The Morgan fingerprint density at radius 3 is 2.79 bits per heavy atom. The third kappa shape index (κ3) is 3.59. The van der Waals surface area contributed by atoms with Gasteiger partial charge in [-0.2, -0.15) is 0 Å². The summed E-state index contributed by atoms with van der Waals surface area (Å²) in [6, 6.07) is 7.07. The molecular weight excluding hydrogens is 268 g/mol. The van der Waals surface area contributed by atoms with E-state index < -0.39 is 17.7 Å². The molecule has 0 radical (unpaired) electrons. The molecule has 0 aliphatic heterocycles. The van der Waals surface area contributed by atoms with Crippen LogP contribution in [-0.4, -0.2) is 11.7 Å². The first-order valence-corrected chi connectivity index (χ1v) is 6.85. The van der Waals surface area contributed by atoms with Gasteiger partial charge in [0.15, 0.2) is 0 Å². The highest BCUT2D eigenvalue weighted by Crippen LogP contribution is 2.21. The van der Waals surface area contributed by atoms with Gasteiger partial charge >= 0.3 is 0 Å². The number of aliphatic hydroxyl groups is 1. The van der Waals surface area contributed by atoms with Crippen molar-refractivity contribution in [2.24, 2.45) is 0 Å². The van der Waals surface area contributed by atoms with Crippen LogP contribution in [-0.2, 0) is 0 Å². The van der Waals surface area contributed by atoms with Crippen LogP contribution in [0.15, 0.2) is 35.7 Å². The lowest BCUT2D eigenvalue weighted by molar-refractivity contribution is 0.166. The maximum atomic E-state index is 13.5. The molecule has 1 aromatic heterocycles. The molecule has 2 aromatic rings. The number of nitrogens with one attached hydrogen (secondary N) is 1. The fourth-order valence-electron chi connectivity index (χ4n) is 1.81. The minimum Gasteiger partial charge on any atom is -0.387 e. The predicted octanol–water partition coefficient (Wildman–Crippen LogP) is 3.41. The molecule has 19 heavy (non-hydrogen) atoms. The molecule has 0 saturated carbocycles. The second kappa shape index (κ2) is 6.23. The monoisotopic (exact) mass is 283 g/mol. The van der Waals surface area contributed by atoms with Gasteiger partial charge in [-0.15, -0.1) is 11.3 Å². The smallest absolute Gasteiger partial charge is 0.129 e. The van der Waals surface area contributed by atoms with E-state index >= 15 is 0 Å². The molecule has 0 fully saturated rings. The van der Waals surface area contributed by atoms with E-state index in [2.05, 4.69) is 5.32 Å². The second-order valence-electron chi connectivity index (χ2n) is 4.33. The molecule has 2 N–H and O–H groups in total. The molecule has 0 spiro atoms. The van der Waals surface area contributed by atoms with Crippen molar-refractivity contribution in [1.82, 2.24) is 5.32 Å². The van der Waals surface area contributed by atoms with E-state index in [1.165, 1.54) is 0 Å². The number of hydrogen-bond acceptors (Lipinski definition) is 3. The summed E-state index contributed by atoms with van der Waals surface area (Å²) in [4.78, 5) is 1.13. The number of halogens is 2. The van der Waals surface area contributed by atoms with Crippen LogP contribution in [0, 0.1) is 11.6 Å². The predicted molar refractivity (Wildman–Crippen MR) is 72.1 cm³/mol. The molecule has 2 atom stereocenters. The fraction of sp³-hybridized carbons (Fsp3) is 0.286. The third-order valence-electron chi connectivity index (χ3n) is 2.90. The molecule has 0 bridgehead atoms. The van der Waals surface area contributed by atoms with Gasteiger partial charge in [0.05, 0.1) is 6.10 Å². The van der Waals surface area contributed by atoms with Crippen molar-refractivity contribution in [1.29, 1.82) is 0 Å². The van der Waals surface area contributed by atoms with Gasteiger partial charge in [-0.25, -0.2) is 8.78 Å². The summed E-state index contributed by atoms with van der Waals surface area (Å²) in [6.07, 6.45) is -1.07. The number of rotatable bonds is 5. The van der Waals surface area contributed by atoms with E-state index in [-0.39, 0.29) is 18.2 Å². The Bertz CT molecular complexity index is 530. The van der Waals surface area contributed by atoms with Crippen LogP contribution in [0.3, 0.4) is 0 Å². The molecule has 0 saturated heterocycles. The number of hydrogen-bond donors (Lipinski definition) is 2. The quantitative estimate of drug-likeness (QED) is 0.881. The number of thiophene rings is 1. The van der Waals surface area contributed by atoms with Crippen LogP contribution in [0.2, 0.25) is 0 Å². The van der Waals surface area contributed by atoms with Gasteiger partial charge in [0.2, 0.25) is 0 Å². The van der Waals surface area contributed by atoms with Crippen LogP contribution >= 0.6 is 11.3 Å². The molecule has 1 heterocycles. The van der Waals surface area contributed by atoms with E-state index in [1.807, 2.05) is 24.4 Å². The molecule has 0 aliphatic rings. The Morgan fingerprint density at radius 1 is 1.32 bits per heavy atom. The largest absolute Gasteiger partial charge is 0.387 e. The second-order valence-corrected chi connectivity index (χ2v) is 5.31. The van der Waals surface area contributed by atoms with Gasteiger partial charge in [0.1, 0.15) is 11.6 Å². The van der Waals surface area contributed by atoms with Crippen LogP contribution in [0.25, 0.3) is 0 Å². The van der Waals surface area contributed by atoms with Gasteiger partial charge < -0.3 is 10.4 Å². The van der Waals surface area contributed by atoms with Crippen LogP contribution in [0.1, 0.15) is 29.5 Å². The summed E-state index contributed by atoms with van der Waals surface area (Å²) in [5.74, 6) is -1.15. The summed E-state index contributed by atoms with van der Waals surface area (Å²) in [6.45, 7) is 2.12. The molecule has 0 amide bonds. The van der Waals surface area contributed by atoms with Crippen molar-refractivity contribution in [2.75, 3.05) is 6.54 Å². The van der Waals surface area contributed by atoms with E-state index in [0.717, 1.165) is 23.1 Å².